The zero-order valence-electron chi connectivity index (χ0n) is 10.4. The number of carbonyl (C=O) groups excluding carboxylic acids is 1. The molecule has 1 fully saturated rings. The van der Waals surface area contributed by atoms with E-state index in [2.05, 4.69) is 31.9 Å². The van der Waals surface area contributed by atoms with Gasteiger partial charge in [-0.05, 0) is 6.07 Å². The fourth-order valence-electron chi connectivity index (χ4n) is 2.02. The summed E-state index contributed by atoms with van der Waals surface area (Å²) >= 11 is 6.55. The molecule has 20 heavy (non-hydrogen) atoms. The molecule has 0 spiro atoms. The Morgan fingerprint density at radius 2 is 2.25 bits per heavy atom. The van der Waals surface area contributed by atoms with Crippen LogP contribution >= 0.6 is 31.9 Å². The number of morpholine rings is 1. The topological polar surface area (TPSA) is 72.7 Å². The minimum absolute atomic E-state index is 0.0608. The predicted molar refractivity (Wildman–Crippen MR) is 80.2 cm³/mol. The zero-order valence-corrected chi connectivity index (χ0v) is 13.6. The normalized spacial score (nSPS) is 18.9. The van der Waals surface area contributed by atoms with E-state index in [1.54, 1.807) is 11.0 Å². The van der Waals surface area contributed by atoms with Crippen LogP contribution in [0.4, 0.5) is 5.69 Å². The highest BCUT2D eigenvalue weighted by Gasteiger charge is 2.28. The predicted octanol–water partition coefficient (Wildman–Crippen LogP) is 2.59. The molecule has 1 saturated heterocycles. The van der Waals surface area contributed by atoms with E-state index >= 15 is 0 Å². The van der Waals surface area contributed by atoms with E-state index in [4.69, 9.17) is 4.74 Å². The van der Waals surface area contributed by atoms with Gasteiger partial charge in [0, 0.05) is 34.0 Å². The molecule has 2 rings (SSSR count). The number of non-ortho nitro benzene ring substituents is 1. The van der Waals surface area contributed by atoms with Gasteiger partial charge in [0.2, 0.25) is 0 Å². The molecule has 0 saturated carbocycles. The van der Waals surface area contributed by atoms with Crippen molar-refractivity contribution in [3.8, 4) is 0 Å². The molecule has 0 aliphatic carbocycles. The molecule has 0 bridgehead atoms. The molecule has 8 heteroatoms. The van der Waals surface area contributed by atoms with Crippen LogP contribution in [0.25, 0.3) is 0 Å². The Labute approximate surface area is 132 Å². The third-order valence-electron chi connectivity index (χ3n) is 3.01. The Bertz CT molecular complexity index is 538. The summed E-state index contributed by atoms with van der Waals surface area (Å²) in [5.41, 5.74) is 0.199. The fourth-order valence-corrected chi connectivity index (χ4v) is 3.04. The van der Waals surface area contributed by atoms with Crippen molar-refractivity contribution in [2.24, 2.45) is 0 Å². The number of nitro groups is 1. The number of alkyl halides is 1. The van der Waals surface area contributed by atoms with Crippen molar-refractivity contribution < 1.29 is 14.5 Å². The molecule has 1 amide bonds. The number of halogens is 2. The van der Waals surface area contributed by atoms with Gasteiger partial charge in [-0.25, -0.2) is 0 Å². The van der Waals surface area contributed by atoms with Gasteiger partial charge in [0.05, 0.1) is 24.2 Å². The summed E-state index contributed by atoms with van der Waals surface area (Å²) < 4.78 is 5.85. The second-order valence-electron chi connectivity index (χ2n) is 4.34. The SMILES string of the molecule is O=C(c1cc(Br)cc([N+](=O)[O-])c1)N1CCOCC1CBr. The second kappa shape index (κ2) is 6.64. The van der Waals surface area contributed by atoms with E-state index in [9.17, 15) is 14.9 Å². The first-order chi connectivity index (χ1) is 9.52. The second-order valence-corrected chi connectivity index (χ2v) is 5.90. The summed E-state index contributed by atoms with van der Waals surface area (Å²) in [6, 6.07) is 4.21. The molecule has 1 aromatic rings. The minimum Gasteiger partial charge on any atom is -0.377 e. The Morgan fingerprint density at radius 1 is 1.50 bits per heavy atom. The van der Waals surface area contributed by atoms with Crippen LogP contribution in [0, 0.1) is 10.1 Å². The quantitative estimate of drug-likeness (QED) is 0.438. The lowest BCUT2D eigenvalue weighted by atomic mass is 10.1. The highest BCUT2D eigenvalue weighted by atomic mass is 79.9. The van der Waals surface area contributed by atoms with Crippen molar-refractivity contribution in [3.05, 3.63) is 38.3 Å². The first-order valence-corrected chi connectivity index (χ1v) is 7.84. The first kappa shape index (κ1) is 15.4. The molecule has 1 aliphatic rings. The van der Waals surface area contributed by atoms with Crippen LogP contribution in [-0.4, -0.2) is 46.9 Å². The summed E-state index contributed by atoms with van der Waals surface area (Å²) in [4.78, 5) is 24.5. The summed E-state index contributed by atoms with van der Waals surface area (Å²) in [5, 5.41) is 11.5. The van der Waals surface area contributed by atoms with Gasteiger partial charge in [-0.3, -0.25) is 14.9 Å². The fraction of sp³-hybridized carbons (Fsp3) is 0.417. The number of nitro benzene ring substituents is 1. The van der Waals surface area contributed by atoms with E-state index in [1.807, 2.05) is 0 Å². The van der Waals surface area contributed by atoms with Crippen LogP contribution in [0.2, 0.25) is 0 Å². The van der Waals surface area contributed by atoms with Crippen molar-refractivity contribution >= 4 is 43.5 Å². The number of carbonyl (C=O) groups is 1. The Balaban J connectivity index is 2.30. The standard InChI is InChI=1S/C12H12Br2N2O4/c13-6-11-7-20-2-1-15(11)12(17)8-3-9(14)5-10(4-8)16(18)19/h3-5,11H,1-2,6-7H2. The van der Waals surface area contributed by atoms with Crippen LogP contribution in [0.3, 0.4) is 0 Å². The van der Waals surface area contributed by atoms with Crippen molar-refractivity contribution in [2.45, 2.75) is 6.04 Å². The highest BCUT2D eigenvalue weighted by Crippen LogP contribution is 2.23. The smallest absolute Gasteiger partial charge is 0.271 e. The van der Waals surface area contributed by atoms with E-state index in [0.717, 1.165) is 0 Å². The molecule has 1 unspecified atom stereocenters. The molecule has 108 valence electrons. The van der Waals surface area contributed by atoms with Crippen LogP contribution < -0.4 is 0 Å². The van der Waals surface area contributed by atoms with Gasteiger partial charge in [0.25, 0.3) is 11.6 Å². The Hall–Kier alpha value is -0.990. The summed E-state index contributed by atoms with van der Waals surface area (Å²) in [7, 11) is 0. The van der Waals surface area contributed by atoms with Crippen LogP contribution in [0.5, 0.6) is 0 Å². The number of benzene rings is 1. The van der Waals surface area contributed by atoms with E-state index in [0.29, 0.717) is 35.1 Å². The minimum atomic E-state index is -0.511. The lowest BCUT2D eigenvalue weighted by molar-refractivity contribution is -0.385. The maximum atomic E-state index is 12.5. The molecule has 6 nitrogen and oxygen atoms in total. The molecular formula is C12H12Br2N2O4. The van der Waals surface area contributed by atoms with Gasteiger partial charge < -0.3 is 9.64 Å². The van der Waals surface area contributed by atoms with Gasteiger partial charge in [0.15, 0.2) is 0 Å². The van der Waals surface area contributed by atoms with E-state index in [-0.39, 0.29) is 17.6 Å². The molecule has 0 radical (unpaired) electrons. The average molecular weight is 408 g/mol. The number of rotatable bonds is 3. The molecule has 0 N–H and O–H groups in total. The van der Waals surface area contributed by atoms with Gasteiger partial charge in [-0.2, -0.15) is 0 Å². The molecule has 1 aromatic carbocycles. The average Bonchev–Trinajstić information content (AvgIpc) is 2.45. The Kier molecular flexibility index (Phi) is 5.11. The maximum absolute atomic E-state index is 12.5. The zero-order chi connectivity index (χ0) is 14.7. The Morgan fingerprint density at radius 3 is 2.90 bits per heavy atom. The van der Waals surface area contributed by atoms with Gasteiger partial charge in [-0.1, -0.05) is 31.9 Å². The summed E-state index contributed by atoms with van der Waals surface area (Å²) in [6.45, 7) is 1.42. The number of nitrogens with zero attached hydrogens (tertiary/aromatic N) is 2. The third kappa shape index (κ3) is 3.36. The maximum Gasteiger partial charge on any atom is 0.271 e. The molecule has 1 atom stereocenters. The van der Waals surface area contributed by atoms with E-state index in [1.165, 1.54) is 12.1 Å². The lowest BCUT2D eigenvalue weighted by Crippen LogP contribution is -2.49. The van der Waals surface area contributed by atoms with Gasteiger partial charge in [-0.15, -0.1) is 0 Å². The van der Waals surface area contributed by atoms with Crippen LogP contribution in [0.1, 0.15) is 10.4 Å². The monoisotopic (exact) mass is 406 g/mol. The van der Waals surface area contributed by atoms with Crippen LogP contribution in [0.15, 0.2) is 22.7 Å². The van der Waals surface area contributed by atoms with Crippen molar-refractivity contribution in [1.29, 1.82) is 0 Å². The lowest BCUT2D eigenvalue weighted by Gasteiger charge is -2.34. The van der Waals surface area contributed by atoms with Crippen LogP contribution in [-0.2, 0) is 4.74 Å². The van der Waals surface area contributed by atoms with Crippen molar-refractivity contribution in [1.82, 2.24) is 4.90 Å². The van der Waals surface area contributed by atoms with Gasteiger partial charge >= 0.3 is 0 Å². The summed E-state index contributed by atoms with van der Waals surface area (Å²) in [5.74, 6) is -0.220. The van der Waals surface area contributed by atoms with Crippen molar-refractivity contribution in [2.75, 3.05) is 25.1 Å². The van der Waals surface area contributed by atoms with Gasteiger partial charge in [0.1, 0.15) is 0 Å². The number of hydrogen-bond acceptors (Lipinski definition) is 4. The van der Waals surface area contributed by atoms with Crippen molar-refractivity contribution in [3.63, 3.8) is 0 Å². The number of amides is 1. The number of hydrogen-bond donors (Lipinski definition) is 0. The summed E-state index contributed by atoms with van der Waals surface area (Å²) in [6.07, 6.45) is 0. The largest absolute Gasteiger partial charge is 0.377 e. The molecule has 1 aliphatic heterocycles. The third-order valence-corrected chi connectivity index (χ3v) is 4.21. The molecular weight excluding hydrogens is 396 g/mol. The molecule has 1 heterocycles. The first-order valence-electron chi connectivity index (χ1n) is 5.92. The molecule has 0 aromatic heterocycles. The highest BCUT2D eigenvalue weighted by molar-refractivity contribution is 9.10. The van der Waals surface area contributed by atoms with E-state index < -0.39 is 4.92 Å². The number of ether oxygens (including phenoxy) is 1.